The van der Waals surface area contributed by atoms with E-state index in [1.807, 2.05) is 36.3 Å². The van der Waals surface area contributed by atoms with Gasteiger partial charge in [0.1, 0.15) is 0 Å². The Morgan fingerprint density at radius 2 is 2.00 bits per heavy atom. The van der Waals surface area contributed by atoms with Crippen molar-refractivity contribution in [3.63, 3.8) is 0 Å². The van der Waals surface area contributed by atoms with Crippen molar-refractivity contribution in [1.29, 1.82) is 0 Å². The highest BCUT2D eigenvalue weighted by atomic mass is 15.3. The number of rotatable bonds is 4. The van der Waals surface area contributed by atoms with Crippen LogP contribution in [0, 0.1) is 0 Å². The fraction of sp³-hybridized carbons (Fsp3) is 0.385. The summed E-state index contributed by atoms with van der Waals surface area (Å²) in [6.45, 7) is 4.29. The summed E-state index contributed by atoms with van der Waals surface area (Å²) < 4.78 is 1.90. The van der Waals surface area contributed by atoms with Crippen LogP contribution in [0.1, 0.15) is 37.2 Å². The smallest absolute Gasteiger partial charge is 0.0547 e. The molecule has 4 heteroatoms. The number of nitrogens with zero attached hydrogens (tertiary/aromatic N) is 3. The van der Waals surface area contributed by atoms with E-state index >= 15 is 0 Å². The number of nitrogens with one attached hydrogen (secondary N) is 1. The zero-order chi connectivity index (χ0) is 12.3. The Morgan fingerprint density at radius 1 is 1.18 bits per heavy atom. The predicted molar refractivity (Wildman–Crippen MR) is 67.4 cm³/mol. The molecular weight excluding hydrogens is 212 g/mol. The molecule has 0 aliphatic heterocycles. The van der Waals surface area contributed by atoms with Crippen LogP contribution in [0.15, 0.2) is 36.8 Å². The molecule has 1 unspecified atom stereocenters. The maximum Gasteiger partial charge on any atom is 0.0547 e. The van der Waals surface area contributed by atoms with Crippen LogP contribution >= 0.6 is 0 Å². The summed E-state index contributed by atoms with van der Waals surface area (Å²) in [4.78, 5) is 4.14. The molecule has 0 fully saturated rings. The third-order valence-corrected chi connectivity index (χ3v) is 2.99. The second-order valence-corrected chi connectivity index (χ2v) is 4.28. The Morgan fingerprint density at radius 3 is 2.59 bits per heavy atom. The Bertz CT molecular complexity index is 463. The second-order valence-electron chi connectivity index (χ2n) is 4.28. The Balaban J connectivity index is 2.05. The summed E-state index contributed by atoms with van der Waals surface area (Å²) in [5.41, 5.74) is 2.38. The molecule has 0 aromatic carbocycles. The fourth-order valence-electron chi connectivity index (χ4n) is 2.00. The van der Waals surface area contributed by atoms with E-state index in [4.69, 9.17) is 0 Å². The van der Waals surface area contributed by atoms with Crippen LogP contribution in [-0.4, -0.2) is 14.8 Å². The van der Waals surface area contributed by atoms with Crippen LogP contribution in [0.3, 0.4) is 0 Å². The Labute approximate surface area is 102 Å². The standard InChI is InChI=1S/C13H18N4/c1-10(12-5-4-7-14-9-12)16-11(2)13-6-8-15-17(13)3/h4-11,16H,1-3H3/t10-,11?/m1/s1. The van der Waals surface area contributed by atoms with Gasteiger partial charge in [0, 0.05) is 37.7 Å². The molecule has 0 spiro atoms. The minimum absolute atomic E-state index is 0.262. The molecule has 1 N–H and O–H groups in total. The van der Waals surface area contributed by atoms with E-state index in [0.29, 0.717) is 0 Å². The topological polar surface area (TPSA) is 42.7 Å². The molecule has 0 saturated carbocycles. The molecule has 0 radical (unpaired) electrons. The lowest BCUT2D eigenvalue weighted by atomic mass is 10.1. The van der Waals surface area contributed by atoms with Crippen molar-refractivity contribution in [2.45, 2.75) is 25.9 Å². The average Bonchev–Trinajstić information content (AvgIpc) is 2.76. The van der Waals surface area contributed by atoms with E-state index in [1.54, 1.807) is 6.20 Å². The molecule has 2 aromatic rings. The molecule has 2 aromatic heterocycles. The molecule has 0 saturated heterocycles. The van der Waals surface area contributed by atoms with Crippen LogP contribution in [0.2, 0.25) is 0 Å². The van der Waals surface area contributed by atoms with Gasteiger partial charge in [-0.2, -0.15) is 5.10 Å². The summed E-state index contributed by atoms with van der Waals surface area (Å²) in [7, 11) is 1.96. The first-order valence-electron chi connectivity index (χ1n) is 5.82. The van der Waals surface area contributed by atoms with Gasteiger partial charge in [-0.1, -0.05) is 6.07 Å². The Kier molecular flexibility index (Phi) is 3.54. The molecule has 2 rings (SSSR count). The second kappa shape index (κ2) is 5.10. The largest absolute Gasteiger partial charge is 0.302 e. The van der Waals surface area contributed by atoms with Gasteiger partial charge >= 0.3 is 0 Å². The Hall–Kier alpha value is -1.68. The van der Waals surface area contributed by atoms with E-state index < -0.39 is 0 Å². The zero-order valence-electron chi connectivity index (χ0n) is 10.5. The van der Waals surface area contributed by atoms with Crippen molar-refractivity contribution >= 4 is 0 Å². The van der Waals surface area contributed by atoms with Crippen LogP contribution in [0.4, 0.5) is 0 Å². The molecule has 0 aliphatic rings. The number of aryl methyl sites for hydroxylation is 1. The van der Waals surface area contributed by atoms with Crippen molar-refractivity contribution in [2.75, 3.05) is 0 Å². The summed E-state index contributed by atoms with van der Waals surface area (Å²) in [5, 5.41) is 7.72. The molecule has 0 aliphatic carbocycles. The fourth-order valence-corrected chi connectivity index (χ4v) is 2.00. The normalized spacial score (nSPS) is 14.5. The maximum absolute atomic E-state index is 4.18. The monoisotopic (exact) mass is 230 g/mol. The first-order valence-corrected chi connectivity index (χ1v) is 5.82. The lowest BCUT2D eigenvalue weighted by molar-refractivity contribution is 0.468. The van der Waals surface area contributed by atoms with E-state index in [2.05, 4.69) is 35.3 Å². The summed E-state index contributed by atoms with van der Waals surface area (Å²) in [6.07, 6.45) is 5.51. The predicted octanol–water partition coefficient (Wildman–Crippen LogP) is 2.23. The number of aromatic nitrogens is 3. The number of hydrogen-bond acceptors (Lipinski definition) is 3. The van der Waals surface area contributed by atoms with Gasteiger partial charge in [-0.15, -0.1) is 0 Å². The molecule has 4 nitrogen and oxygen atoms in total. The van der Waals surface area contributed by atoms with E-state index in [9.17, 15) is 0 Å². The van der Waals surface area contributed by atoms with Crippen molar-refractivity contribution in [3.8, 4) is 0 Å². The molecule has 0 amide bonds. The van der Waals surface area contributed by atoms with E-state index in [-0.39, 0.29) is 12.1 Å². The highest BCUT2D eigenvalue weighted by Crippen LogP contribution is 2.17. The van der Waals surface area contributed by atoms with Gasteiger partial charge in [0.2, 0.25) is 0 Å². The minimum atomic E-state index is 0.262. The third-order valence-electron chi connectivity index (χ3n) is 2.99. The van der Waals surface area contributed by atoms with Crippen LogP contribution in [0.5, 0.6) is 0 Å². The maximum atomic E-state index is 4.18. The SMILES string of the molecule is CC(N[C@H](C)c1cccnc1)c1ccnn1C. The van der Waals surface area contributed by atoms with Gasteiger partial charge in [0.25, 0.3) is 0 Å². The molecule has 17 heavy (non-hydrogen) atoms. The summed E-state index contributed by atoms with van der Waals surface area (Å²) in [5.74, 6) is 0. The van der Waals surface area contributed by atoms with Gasteiger partial charge in [0.15, 0.2) is 0 Å². The van der Waals surface area contributed by atoms with Gasteiger partial charge in [0.05, 0.1) is 5.69 Å². The molecule has 2 heterocycles. The van der Waals surface area contributed by atoms with Gasteiger partial charge in [-0.3, -0.25) is 9.67 Å². The van der Waals surface area contributed by atoms with Gasteiger partial charge in [-0.05, 0) is 31.5 Å². The first kappa shape index (κ1) is 11.8. The van der Waals surface area contributed by atoms with Gasteiger partial charge < -0.3 is 5.32 Å². The van der Waals surface area contributed by atoms with Crippen molar-refractivity contribution in [1.82, 2.24) is 20.1 Å². The minimum Gasteiger partial charge on any atom is -0.302 e. The quantitative estimate of drug-likeness (QED) is 0.875. The highest BCUT2D eigenvalue weighted by Gasteiger charge is 2.13. The zero-order valence-corrected chi connectivity index (χ0v) is 10.5. The third kappa shape index (κ3) is 2.71. The van der Waals surface area contributed by atoms with Crippen LogP contribution in [-0.2, 0) is 7.05 Å². The van der Waals surface area contributed by atoms with Crippen molar-refractivity contribution < 1.29 is 0 Å². The summed E-state index contributed by atoms with van der Waals surface area (Å²) >= 11 is 0. The molecular formula is C13H18N4. The summed E-state index contributed by atoms with van der Waals surface area (Å²) in [6, 6.07) is 6.61. The lowest BCUT2D eigenvalue weighted by Crippen LogP contribution is -2.24. The molecule has 2 atom stereocenters. The van der Waals surface area contributed by atoms with E-state index in [1.165, 1.54) is 11.3 Å². The molecule has 0 bridgehead atoms. The molecule has 90 valence electrons. The van der Waals surface area contributed by atoms with Crippen molar-refractivity contribution in [2.24, 2.45) is 7.05 Å². The highest BCUT2D eigenvalue weighted by molar-refractivity contribution is 5.14. The van der Waals surface area contributed by atoms with Crippen molar-refractivity contribution in [3.05, 3.63) is 48.0 Å². The van der Waals surface area contributed by atoms with Gasteiger partial charge in [-0.25, -0.2) is 0 Å². The van der Waals surface area contributed by atoms with Crippen LogP contribution in [0.25, 0.3) is 0 Å². The lowest BCUT2D eigenvalue weighted by Gasteiger charge is -2.20. The van der Waals surface area contributed by atoms with Crippen LogP contribution < -0.4 is 5.32 Å². The average molecular weight is 230 g/mol. The number of hydrogen-bond donors (Lipinski definition) is 1. The van der Waals surface area contributed by atoms with E-state index in [0.717, 1.165) is 0 Å². The number of pyridine rings is 1. The first-order chi connectivity index (χ1) is 8.18.